The normalized spacial score (nSPS) is 17.9. The predicted molar refractivity (Wildman–Crippen MR) is 109 cm³/mol. The van der Waals surface area contributed by atoms with Crippen molar-refractivity contribution in [2.75, 3.05) is 45.9 Å². The van der Waals surface area contributed by atoms with Crippen LogP contribution < -0.4 is 10.6 Å². The second-order valence-electron chi connectivity index (χ2n) is 6.69. The number of hydrogen-bond acceptors (Lipinski definition) is 5. The first-order chi connectivity index (χ1) is 12.6. The number of nitrogens with one attached hydrogen (secondary N) is 2. The van der Waals surface area contributed by atoms with Gasteiger partial charge in [-0.3, -0.25) is 9.89 Å². The Labute approximate surface area is 161 Å². The van der Waals surface area contributed by atoms with Gasteiger partial charge in [-0.2, -0.15) is 0 Å². The van der Waals surface area contributed by atoms with Gasteiger partial charge in [0, 0.05) is 31.1 Å². The molecule has 26 heavy (non-hydrogen) atoms. The van der Waals surface area contributed by atoms with Gasteiger partial charge in [-0.05, 0) is 31.2 Å². The van der Waals surface area contributed by atoms with Gasteiger partial charge in [0.25, 0.3) is 0 Å². The molecule has 0 radical (unpaired) electrons. The number of nitrogens with zero attached hydrogens (tertiary/aromatic N) is 2. The Morgan fingerprint density at radius 3 is 2.62 bits per heavy atom. The van der Waals surface area contributed by atoms with Crippen molar-refractivity contribution in [3.63, 3.8) is 0 Å². The topological polar surface area (TPSA) is 69.1 Å². The molecular weight excluding hydrogens is 348 g/mol. The average Bonchev–Trinajstić information content (AvgIpc) is 3.21. The number of guanidine groups is 1. The van der Waals surface area contributed by atoms with Crippen LogP contribution in [0.5, 0.6) is 0 Å². The summed E-state index contributed by atoms with van der Waals surface area (Å²) in [4.78, 5) is 8.46. The van der Waals surface area contributed by atoms with Crippen LogP contribution in [0.3, 0.4) is 0 Å². The maximum atomic E-state index is 10.5. The van der Waals surface area contributed by atoms with E-state index in [-0.39, 0.29) is 0 Å². The fourth-order valence-corrected chi connectivity index (χ4v) is 3.88. The summed E-state index contributed by atoms with van der Waals surface area (Å²) in [6, 6.07) is 4.61. The molecule has 0 bridgehead atoms. The van der Waals surface area contributed by atoms with Crippen molar-refractivity contribution in [1.82, 2.24) is 15.5 Å². The summed E-state index contributed by atoms with van der Waals surface area (Å²) in [6.45, 7) is 11.5. The molecule has 7 heteroatoms. The van der Waals surface area contributed by atoms with Crippen LogP contribution in [0.15, 0.2) is 22.5 Å². The van der Waals surface area contributed by atoms with Gasteiger partial charge in [0.15, 0.2) is 5.96 Å². The van der Waals surface area contributed by atoms with Crippen LogP contribution in [0.2, 0.25) is 0 Å². The lowest BCUT2D eigenvalue weighted by molar-refractivity contribution is 0.0176. The number of rotatable bonds is 9. The third kappa shape index (κ3) is 6.23. The summed E-state index contributed by atoms with van der Waals surface area (Å²) in [5.41, 5.74) is -0.723. The fourth-order valence-electron chi connectivity index (χ4n) is 3.01. The SMILES string of the molecule is CCNC(=NCC(O)(CC)CC)NCC(c1cccs1)N1CCOCC1. The summed E-state index contributed by atoms with van der Waals surface area (Å²) in [5, 5.41) is 19.4. The Bertz CT molecular complexity index is 526. The lowest BCUT2D eigenvalue weighted by Gasteiger charge is -2.34. The molecule has 0 amide bonds. The zero-order valence-electron chi connectivity index (χ0n) is 16.3. The molecule has 2 heterocycles. The van der Waals surface area contributed by atoms with Crippen LogP contribution in [-0.4, -0.2) is 67.5 Å². The Morgan fingerprint density at radius 2 is 2.04 bits per heavy atom. The van der Waals surface area contributed by atoms with Gasteiger partial charge in [0.05, 0.1) is 31.4 Å². The molecule has 3 N–H and O–H groups in total. The highest BCUT2D eigenvalue weighted by Gasteiger charge is 2.24. The predicted octanol–water partition coefficient (Wildman–Crippen LogP) is 2.23. The van der Waals surface area contributed by atoms with Crippen molar-refractivity contribution in [1.29, 1.82) is 0 Å². The number of aliphatic hydroxyl groups is 1. The molecule has 2 rings (SSSR count). The zero-order chi connectivity index (χ0) is 18.8. The lowest BCUT2D eigenvalue weighted by atomic mass is 9.98. The van der Waals surface area contributed by atoms with E-state index in [0.29, 0.717) is 25.4 Å². The van der Waals surface area contributed by atoms with E-state index in [1.807, 2.05) is 13.8 Å². The molecule has 1 atom stereocenters. The maximum absolute atomic E-state index is 10.5. The fraction of sp³-hybridized carbons (Fsp3) is 0.737. The minimum atomic E-state index is -0.723. The number of morpholine rings is 1. The van der Waals surface area contributed by atoms with Crippen LogP contribution in [0.4, 0.5) is 0 Å². The molecule has 1 fully saturated rings. The molecule has 148 valence electrons. The first kappa shape index (κ1) is 21.2. The summed E-state index contributed by atoms with van der Waals surface area (Å²) in [7, 11) is 0. The number of thiophene rings is 1. The van der Waals surface area contributed by atoms with Gasteiger partial charge in [-0.15, -0.1) is 11.3 Å². The first-order valence-corrected chi connectivity index (χ1v) is 10.6. The van der Waals surface area contributed by atoms with Gasteiger partial charge < -0.3 is 20.5 Å². The van der Waals surface area contributed by atoms with Gasteiger partial charge in [-0.25, -0.2) is 0 Å². The van der Waals surface area contributed by atoms with E-state index >= 15 is 0 Å². The second-order valence-corrected chi connectivity index (χ2v) is 7.67. The molecular formula is C19H34N4O2S. The minimum Gasteiger partial charge on any atom is -0.388 e. The molecule has 0 aliphatic carbocycles. The smallest absolute Gasteiger partial charge is 0.191 e. The third-order valence-corrected chi connectivity index (χ3v) is 5.99. The summed E-state index contributed by atoms with van der Waals surface area (Å²) in [6.07, 6.45) is 1.41. The van der Waals surface area contributed by atoms with E-state index in [2.05, 4.69) is 45.0 Å². The van der Waals surface area contributed by atoms with Gasteiger partial charge in [-0.1, -0.05) is 19.9 Å². The Balaban J connectivity index is 2.03. The lowest BCUT2D eigenvalue weighted by Crippen LogP contribution is -2.46. The Kier molecular flexibility index (Phi) is 8.84. The zero-order valence-corrected chi connectivity index (χ0v) is 17.1. The van der Waals surface area contributed by atoms with Gasteiger partial charge in [0.2, 0.25) is 0 Å². The largest absolute Gasteiger partial charge is 0.388 e. The Hall–Kier alpha value is -1.15. The highest BCUT2D eigenvalue weighted by atomic mass is 32.1. The van der Waals surface area contributed by atoms with E-state index in [4.69, 9.17) is 4.74 Å². The summed E-state index contributed by atoms with van der Waals surface area (Å²) < 4.78 is 5.51. The van der Waals surface area contributed by atoms with Crippen molar-refractivity contribution in [3.8, 4) is 0 Å². The van der Waals surface area contributed by atoms with Crippen molar-refractivity contribution in [2.45, 2.75) is 45.3 Å². The van der Waals surface area contributed by atoms with Gasteiger partial charge in [0.1, 0.15) is 0 Å². The number of hydrogen-bond donors (Lipinski definition) is 3. The van der Waals surface area contributed by atoms with E-state index in [0.717, 1.165) is 45.4 Å². The van der Waals surface area contributed by atoms with Crippen molar-refractivity contribution in [3.05, 3.63) is 22.4 Å². The van der Waals surface area contributed by atoms with Crippen LogP contribution >= 0.6 is 11.3 Å². The maximum Gasteiger partial charge on any atom is 0.191 e. The quantitative estimate of drug-likeness (QED) is 0.451. The van der Waals surface area contributed by atoms with Crippen molar-refractivity contribution in [2.24, 2.45) is 4.99 Å². The third-order valence-electron chi connectivity index (χ3n) is 5.01. The van der Waals surface area contributed by atoms with Crippen LogP contribution in [0.25, 0.3) is 0 Å². The molecule has 1 aromatic heterocycles. The molecule has 1 aliphatic rings. The number of aliphatic imine (C=N–C) groups is 1. The van der Waals surface area contributed by atoms with Crippen molar-refractivity contribution < 1.29 is 9.84 Å². The average molecular weight is 383 g/mol. The molecule has 0 spiro atoms. The molecule has 1 aromatic rings. The van der Waals surface area contributed by atoms with Crippen molar-refractivity contribution >= 4 is 17.3 Å². The highest BCUT2D eigenvalue weighted by Crippen LogP contribution is 2.25. The van der Waals surface area contributed by atoms with E-state index in [9.17, 15) is 5.11 Å². The molecule has 1 saturated heterocycles. The molecule has 0 saturated carbocycles. The first-order valence-electron chi connectivity index (χ1n) is 9.71. The molecule has 6 nitrogen and oxygen atoms in total. The van der Waals surface area contributed by atoms with Crippen LogP contribution in [0, 0.1) is 0 Å². The highest BCUT2D eigenvalue weighted by molar-refractivity contribution is 7.10. The summed E-state index contributed by atoms with van der Waals surface area (Å²) in [5.74, 6) is 0.766. The van der Waals surface area contributed by atoms with Gasteiger partial charge >= 0.3 is 0 Å². The van der Waals surface area contributed by atoms with Crippen LogP contribution in [-0.2, 0) is 4.74 Å². The summed E-state index contributed by atoms with van der Waals surface area (Å²) >= 11 is 1.79. The minimum absolute atomic E-state index is 0.305. The van der Waals surface area contributed by atoms with E-state index < -0.39 is 5.60 Å². The molecule has 1 unspecified atom stereocenters. The monoisotopic (exact) mass is 382 g/mol. The van der Waals surface area contributed by atoms with E-state index in [1.54, 1.807) is 11.3 Å². The second kappa shape index (κ2) is 10.9. The number of ether oxygens (including phenoxy) is 1. The van der Waals surface area contributed by atoms with Crippen LogP contribution in [0.1, 0.15) is 44.5 Å². The molecule has 1 aliphatic heterocycles. The molecule has 0 aromatic carbocycles. The standard InChI is InChI=1S/C19H34N4O2S/c1-4-19(24,5-2)15-22-18(20-6-3)21-14-16(17-8-7-13-26-17)23-9-11-25-12-10-23/h7-8,13,16,24H,4-6,9-12,14-15H2,1-3H3,(H2,20,21,22). The Morgan fingerprint density at radius 1 is 1.31 bits per heavy atom. The van der Waals surface area contributed by atoms with E-state index in [1.165, 1.54) is 4.88 Å².